The first kappa shape index (κ1) is 12.3. The van der Waals surface area contributed by atoms with E-state index in [1.54, 1.807) is 17.8 Å². The molecule has 0 unspecified atom stereocenters. The number of nitrogens with two attached hydrogens (primary N) is 1. The van der Waals surface area contributed by atoms with Crippen molar-refractivity contribution < 1.29 is 0 Å². The van der Waals surface area contributed by atoms with E-state index in [0.717, 1.165) is 22.1 Å². The van der Waals surface area contributed by atoms with Gasteiger partial charge in [-0.25, -0.2) is 0 Å². The zero-order valence-corrected chi connectivity index (χ0v) is 11.1. The third-order valence-electron chi connectivity index (χ3n) is 2.36. The van der Waals surface area contributed by atoms with Gasteiger partial charge in [-0.05, 0) is 30.2 Å². The van der Waals surface area contributed by atoms with Crippen molar-refractivity contribution in [1.82, 2.24) is 9.78 Å². The lowest BCUT2D eigenvalue weighted by molar-refractivity contribution is 0.767. The molecule has 2 aromatic rings. The molecule has 0 radical (unpaired) electrons. The zero-order valence-electron chi connectivity index (χ0n) is 9.56. The molecule has 3 nitrogen and oxygen atoms in total. The van der Waals surface area contributed by atoms with E-state index in [-0.39, 0.29) is 0 Å². The Balaban J connectivity index is 1.90. The Labute approximate surface area is 110 Å². The Morgan fingerprint density at radius 1 is 1.47 bits per heavy atom. The van der Waals surface area contributed by atoms with E-state index < -0.39 is 0 Å². The van der Waals surface area contributed by atoms with E-state index in [0.29, 0.717) is 5.69 Å². The van der Waals surface area contributed by atoms with Crippen LogP contribution in [-0.2, 0) is 13.5 Å². The lowest BCUT2D eigenvalue weighted by Gasteiger charge is -2.04. The van der Waals surface area contributed by atoms with Gasteiger partial charge in [0.15, 0.2) is 0 Å². The summed E-state index contributed by atoms with van der Waals surface area (Å²) in [6.45, 7) is 0. The topological polar surface area (TPSA) is 43.8 Å². The summed E-state index contributed by atoms with van der Waals surface area (Å²) in [6.07, 6.45) is 4.91. The van der Waals surface area contributed by atoms with E-state index in [1.807, 2.05) is 36.3 Å². The van der Waals surface area contributed by atoms with Crippen molar-refractivity contribution in [2.24, 2.45) is 7.05 Å². The molecule has 0 aliphatic carbocycles. The predicted molar refractivity (Wildman–Crippen MR) is 73.5 cm³/mol. The molecule has 90 valence electrons. The van der Waals surface area contributed by atoms with Crippen LogP contribution in [0.2, 0.25) is 5.02 Å². The number of nitrogen functional groups attached to an aromatic ring is 1. The first-order chi connectivity index (χ1) is 8.15. The molecule has 2 rings (SSSR count). The number of rotatable bonds is 4. The molecular formula is C12H14ClN3S. The summed E-state index contributed by atoms with van der Waals surface area (Å²) in [5, 5.41) is 4.86. The largest absolute Gasteiger partial charge is 0.399 e. The van der Waals surface area contributed by atoms with Crippen LogP contribution in [0, 0.1) is 0 Å². The maximum Gasteiger partial charge on any atom is 0.0562 e. The fourth-order valence-electron chi connectivity index (χ4n) is 1.51. The Hall–Kier alpha value is -1.13. The molecule has 0 fully saturated rings. The molecule has 0 aliphatic rings. The van der Waals surface area contributed by atoms with Crippen LogP contribution in [0.4, 0.5) is 5.69 Å². The number of anilines is 1. The minimum atomic E-state index is 0.701. The van der Waals surface area contributed by atoms with Gasteiger partial charge in [-0.15, -0.1) is 11.8 Å². The lowest BCUT2D eigenvalue weighted by atomic mass is 10.3. The number of aryl methyl sites for hydroxylation is 2. The monoisotopic (exact) mass is 267 g/mol. The van der Waals surface area contributed by atoms with Gasteiger partial charge in [0.1, 0.15) is 0 Å². The number of hydrogen-bond acceptors (Lipinski definition) is 3. The highest BCUT2D eigenvalue weighted by atomic mass is 35.5. The van der Waals surface area contributed by atoms with E-state index in [4.69, 9.17) is 17.3 Å². The predicted octanol–water partition coefficient (Wildman–Crippen LogP) is 2.99. The van der Waals surface area contributed by atoms with E-state index in [1.165, 1.54) is 5.56 Å². The van der Waals surface area contributed by atoms with E-state index in [2.05, 4.69) is 5.10 Å². The van der Waals surface area contributed by atoms with Gasteiger partial charge in [0.2, 0.25) is 0 Å². The third-order valence-corrected chi connectivity index (χ3v) is 3.86. The van der Waals surface area contributed by atoms with Crippen molar-refractivity contribution in [3.63, 3.8) is 0 Å². The molecule has 0 atom stereocenters. The van der Waals surface area contributed by atoms with Crippen molar-refractivity contribution in [3.05, 3.63) is 41.2 Å². The smallest absolute Gasteiger partial charge is 0.0562 e. The second-order valence-electron chi connectivity index (χ2n) is 3.81. The standard InChI is InChI=1S/C12H14ClN3S/c1-16-8-9(7-15-16)4-5-17-12-3-2-10(14)6-11(12)13/h2-3,6-8H,4-5,14H2,1H3. The second kappa shape index (κ2) is 5.47. The fraction of sp³-hybridized carbons (Fsp3) is 0.250. The molecule has 0 aliphatic heterocycles. The fourth-order valence-corrected chi connectivity index (χ4v) is 2.79. The molecule has 0 bridgehead atoms. The molecule has 5 heteroatoms. The summed E-state index contributed by atoms with van der Waals surface area (Å²) in [7, 11) is 1.92. The Morgan fingerprint density at radius 2 is 2.29 bits per heavy atom. The Morgan fingerprint density at radius 3 is 2.94 bits per heavy atom. The van der Waals surface area contributed by atoms with Crippen LogP contribution < -0.4 is 5.73 Å². The number of hydrogen-bond donors (Lipinski definition) is 1. The van der Waals surface area contributed by atoms with Crippen molar-refractivity contribution in [2.45, 2.75) is 11.3 Å². The zero-order chi connectivity index (χ0) is 12.3. The minimum absolute atomic E-state index is 0.701. The molecule has 1 aromatic carbocycles. The van der Waals surface area contributed by atoms with Crippen molar-refractivity contribution in [3.8, 4) is 0 Å². The SMILES string of the molecule is Cn1cc(CCSc2ccc(N)cc2Cl)cn1. The molecular weight excluding hydrogens is 254 g/mol. The van der Waals surface area contributed by atoms with Gasteiger partial charge in [0, 0.05) is 29.6 Å². The van der Waals surface area contributed by atoms with Gasteiger partial charge in [-0.1, -0.05) is 11.6 Å². The number of benzene rings is 1. The highest BCUT2D eigenvalue weighted by Crippen LogP contribution is 2.29. The molecule has 2 N–H and O–H groups in total. The van der Waals surface area contributed by atoms with Crippen molar-refractivity contribution >= 4 is 29.1 Å². The Bertz CT molecular complexity index is 510. The van der Waals surface area contributed by atoms with E-state index in [9.17, 15) is 0 Å². The van der Waals surface area contributed by atoms with Gasteiger partial charge < -0.3 is 5.73 Å². The van der Waals surface area contributed by atoms with Crippen LogP contribution in [0.5, 0.6) is 0 Å². The molecule has 1 heterocycles. The maximum absolute atomic E-state index is 6.10. The quantitative estimate of drug-likeness (QED) is 0.684. The van der Waals surface area contributed by atoms with Crippen LogP contribution in [-0.4, -0.2) is 15.5 Å². The molecule has 0 saturated heterocycles. The highest BCUT2D eigenvalue weighted by molar-refractivity contribution is 7.99. The normalized spacial score (nSPS) is 10.7. The van der Waals surface area contributed by atoms with Gasteiger partial charge in [-0.2, -0.15) is 5.10 Å². The van der Waals surface area contributed by atoms with Crippen molar-refractivity contribution in [2.75, 3.05) is 11.5 Å². The van der Waals surface area contributed by atoms with Gasteiger partial charge in [-0.3, -0.25) is 4.68 Å². The van der Waals surface area contributed by atoms with Gasteiger partial charge in [0.25, 0.3) is 0 Å². The van der Waals surface area contributed by atoms with E-state index >= 15 is 0 Å². The number of thioether (sulfide) groups is 1. The first-order valence-electron chi connectivity index (χ1n) is 5.30. The summed E-state index contributed by atoms with van der Waals surface area (Å²) in [4.78, 5) is 1.07. The number of aromatic nitrogens is 2. The maximum atomic E-state index is 6.10. The van der Waals surface area contributed by atoms with Gasteiger partial charge >= 0.3 is 0 Å². The molecule has 0 amide bonds. The van der Waals surface area contributed by atoms with Gasteiger partial charge in [0.05, 0.1) is 11.2 Å². The third kappa shape index (κ3) is 3.41. The second-order valence-corrected chi connectivity index (χ2v) is 5.35. The van der Waals surface area contributed by atoms with Crippen LogP contribution in [0.15, 0.2) is 35.5 Å². The molecule has 1 aromatic heterocycles. The summed E-state index contributed by atoms with van der Waals surface area (Å²) >= 11 is 7.83. The van der Waals surface area contributed by atoms with Crippen LogP contribution in [0.1, 0.15) is 5.56 Å². The molecule has 17 heavy (non-hydrogen) atoms. The summed E-state index contributed by atoms with van der Waals surface area (Å²) in [5.74, 6) is 0.981. The number of nitrogens with zero attached hydrogens (tertiary/aromatic N) is 2. The first-order valence-corrected chi connectivity index (χ1v) is 6.67. The Kier molecular flexibility index (Phi) is 3.97. The summed E-state index contributed by atoms with van der Waals surface area (Å²) in [6, 6.07) is 5.62. The summed E-state index contributed by atoms with van der Waals surface area (Å²) < 4.78 is 1.82. The average Bonchev–Trinajstić information content (AvgIpc) is 2.68. The summed E-state index contributed by atoms with van der Waals surface area (Å²) in [5.41, 5.74) is 7.59. The van der Waals surface area contributed by atoms with Crippen LogP contribution in [0.3, 0.4) is 0 Å². The minimum Gasteiger partial charge on any atom is -0.399 e. The molecule has 0 saturated carbocycles. The lowest BCUT2D eigenvalue weighted by Crippen LogP contribution is -1.89. The molecule has 0 spiro atoms. The highest BCUT2D eigenvalue weighted by Gasteiger charge is 2.02. The van der Waals surface area contributed by atoms with Crippen LogP contribution >= 0.6 is 23.4 Å². The number of halogens is 1. The average molecular weight is 268 g/mol. The van der Waals surface area contributed by atoms with Crippen molar-refractivity contribution in [1.29, 1.82) is 0 Å². The van der Waals surface area contributed by atoms with Crippen LogP contribution in [0.25, 0.3) is 0 Å².